The van der Waals surface area contributed by atoms with Gasteiger partial charge >= 0.3 is 5.97 Å². The number of aromatic hydroxyl groups is 1. The zero-order chi connectivity index (χ0) is 25.2. The first-order chi connectivity index (χ1) is 16.6. The van der Waals surface area contributed by atoms with E-state index in [1.807, 2.05) is 6.08 Å². The van der Waals surface area contributed by atoms with Crippen molar-refractivity contribution in [2.45, 2.75) is 39.0 Å². The van der Waals surface area contributed by atoms with E-state index < -0.39 is 41.5 Å². The van der Waals surface area contributed by atoms with Gasteiger partial charge in [0.2, 0.25) is 11.8 Å². The number of carboxylic acids is 1. The summed E-state index contributed by atoms with van der Waals surface area (Å²) in [6, 6.07) is 5.24. The Labute approximate surface area is 201 Å². The molecule has 4 atom stereocenters. The molecule has 1 saturated heterocycles. The maximum absolute atomic E-state index is 13.4. The fraction of sp³-hybridized carbons (Fsp3) is 0.370. The normalized spacial score (nSPS) is 27.9. The highest BCUT2D eigenvalue weighted by Gasteiger charge is 2.56. The summed E-state index contributed by atoms with van der Waals surface area (Å²) in [5, 5.41) is 20.0. The summed E-state index contributed by atoms with van der Waals surface area (Å²) in [6.07, 6.45) is 3.27. The van der Waals surface area contributed by atoms with Crippen LogP contribution in [0.4, 0.5) is 0 Å². The quantitative estimate of drug-likeness (QED) is 0.389. The van der Waals surface area contributed by atoms with Crippen LogP contribution in [0.15, 0.2) is 52.6 Å². The van der Waals surface area contributed by atoms with Crippen LogP contribution in [0.5, 0.6) is 5.75 Å². The molecule has 8 heteroatoms. The van der Waals surface area contributed by atoms with Crippen LogP contribution < -0.4 is 0 Å². The number of ketones is 2. The van der Waals surface area contributed by atoms with Crippen LogP contribution in [0.25, 0.3) is 0 Å². The first-order valence-corrected chi connectivity index (χ1v) is 11.7. The Balaban J connectivity index is 1.65. The lowest BCUT2D eigenvalue weighted by Crippen LogP contribution is -2.40. The van der Waals surface area contributed by atoms with E-state index in [1.54, 1.807) is 32.0 Å². The summed E-state index contributed by atoms with van der Waals surface area (Å²) >= 11 is 0. The van der Waals surface area contributed by atoms with Crippen LogP contribution in [0.2, 0.25) is 0 Å². The molecule has 0 saturated carbocycles. The molecule has 2 amide bonds. The number of aryl methyl sites for hydroxylation is 1. The number of nitrogens with zero attached hydrogens (tertiary/aromatic N) is 1. The van der Waals surface area contributed by atoms with Crippen molar-refractivity contribution in [3.8, 4) is 5.75 Å². The maximum atomic E-state index is 13.4. The van der Waals surface area contributed by atoms with Gasteiger partial charge in [0.25, 0.3) is 0 Å². The number of para-hydroxylation sites is 1. The predicted molar refractivity (Wildman–Crippen MR) is 123 cm³/mol. The van der Waals surface area contributed by atoms with Gasteiger partial charge in [-0.1, -0.05) is 29.8 Å². The zero-order valence-electron chi connectivity index (χ0n) is 19.4. The monoisotopic (exact) mass is 475 g/mol. The molecule has 1 aliphatic heterocycles. The minimum Gasteiger partial charge on any atom is -0.507 e. The number of carbonyl (C=O) groups is 5. The fourth-order valence-corrected chi connectivity index (χ4v) is 6.15. The van der Waals surface area contributed by atoms with Crippen LogP contribution in [0.3, 0.4) is 0 Å². The number of phenolic OH excluding ortho intramolecular Hbond substituents is 1. The third kappa shape index (κ3) is 3.38. The number of Topliss-reactive ketones (excluding diaryl/α,β-unsaturated/α-hetero) is 1. The van der Waals surface area contributed by atoms with Gasteiger partial charge in [-0.2, -0.15) is 0 Å². The van der Waals surface area contributed by atoms with Crippen LogP contribution in [0, 0.1) is 24.7 Å². The van der Waals surface area contributed by atoms with Gasteiger partial charge in [-0.05, 0) is 44.2 Å². The second-order valence-electron chi connectivity index (χ2n) is 9.71. The number of likely N-dealkylation sites (tertiary alicyclic amines) is 1. The van der Waals surface area contributed by atoms with E-state index in [0.717, 1.165) is 10.5 Å². The summed E-state index contributed by atoms with van der Waals surface area (Å²) in [5.41, 5.74) is 2.82. The first-order valence-electron chi connectivity index (χ1n) is 11.7. The van der Waals surface area contributed by atoms with Crippen molar-refractivity contribution in [1.82, 2.24) is 4.90 Å². The van der Waals surface area contributed by atoms with E-state index in [-0.39, 0.29) is 43.1 Å². The Morgan fingerprint density at radius 1 is 1.09 bits per heavy atom. The topological polar surface area (TPSA) is 129 Å². The molecule has 0 radical (unpaired) electrons. The highest BCUT2D eigenvalue weighted by atomic mass is 16.4. The summed E-state index contributed by atoms with van der Waals surface area (Å²) in [7, 11) is 0. The van der Waals surface area contributed by atoms with Gasteiger partial charge in [-0.15, -0.1) is 0 Å². The molecule has 1 aromatic carbocycles. The Kier molecular flexibility index (Phi) is 5.34. The molecule has 3 aliphatic carbocycles. The van der Waals surface area contributed by atoms with Gasteiger partial charge < -0.3 is 10.2 Å². The molecule has 180 valence electrons. The minimum atomic E-state index is -1.10. The second-order valence-corrected chi connectivity index (χ2v) is 9.71. The molecular weight excluding hydrogens is 450 g/mol. The number of hydrogen-bond donors (Lipinski definition) is 2. The summed E-state index contributed by atoms with van der Waals surface area (Å²) in [6.45, 7) is 3.13. The molecule has 1 heterocycles. The molecule has 8 nitrogen and oxygen atoms in total. The molecule has 4 unspecified atom stereocenters. The lowest BCUT2D eigenvalue weighted by Gasteiger charge is -2.42. The van der Waals surface area contributed by atoms with Crippen molar-refractivity contribution in [2.24, 2.45) is 17.8 Å². The molecule has 4 aliphatic rings. The maximum Gasteiger partial charge on any atom is 0.305 e. The van der Waals surface area contributed by atoms with Gasteiger partial charge in [-0.3, -0.25) is 28.9 Å². The molecule has 1 fully saturated rings. The van der Waals surface area contributed by atoms with E-state index in [0.29, 0.717) is 27.8 Å². The van der Waals surface area contributed by atoms with E-state index in [4.69, 9.17) is 5.11 Å². The number of fused-ring (bicyclic) bond motifs is 3. The van der Waals surface area contributed by atoms with E-state index in [9.17, 15) is 29.1 Å². The van der Waals surface area contributed by atoms with Gasteiger partial charge in [0.1, 0.15) is 5.75 Å². The molecule has 0 aromatic heterocycles. The highest BCUT2D eigenvalue weighted by molar-refractivity contribution is 6.23. The Morgan fingerprint density at radius 3 is 2.54 bits per heavy atom. The lowest BCUT2D eigenvalue weighted by molar-refractivity contribution is -0.142. The summed E-state index contributed by atoms with van der Waals surface area (Å²) in [5.74, 6) is -5.06. The van der Waals surface area contributed by atoms with Gasteiger partial charge in [0.15, 0.2) is 11.6 Å². The molecule has 1 aromatic rings. The predicted octanol–water partition coefficient (Wildman–Crippen LogP) is 2.60. The number of rotatable bonds is 4. The van der Waals surface area contributed by atoms with Crippen LogP contribution >= 0.6 is 0 Å². The number of hydrogen-bond acceptors (Lipinski definition) is 6. The molecule has 2 N–H and O–H groups in total. The molecule has 5 rings (SSSR count). The Morgan fingerprint density at radius 2 is 1.83 bits per heavy atom. The third-order valence-electron chi connectivity index (χ3n) is 7.78. The number of carbonyl (C=O) groups excluding carboxylic acids is 4. The van der Waals surface area contributed by atoms with Crippen LogP contribution in [-0.4, -0.2) is 51.0 Å². The number of aliphatic carboxylic acids is 1. The van der Waals surface area contributed by atoms with Crippen molar-refractivity contribution < 1.29 is 34.2 Å². The molecule has 35 heavy (non-hydrogen) atoms. The SMILES string of the molecule is CC1=CC(=O)C2=C(CC3C(=CCC4C(=O)N(CCC(=O)O)C(=O)C43)C2c2cccc(C)c2O)C1=O. The average Bonchev–Trinajstić information content (AvgIpc) is 3.06. The fourth-order valence-electron chi connectivity index (χ4n) is 6.15. The number of phenols is 1. The standard InChI is InChI=1S/C27H25NO7/c1-12-4-3-5-15(24(12)32)21-14-6-7-16-22(27(35)28(26(16)34)9-8-20(30)31)17(14)11-18-23(21)19(29)10-13(2)25(18)33/h3-6,10,16-17,21-22,32H,7-9,11H2,1-2H3,(H,30,31). The zero-order valence-corrected chi connectivity index (χ0v) is 19.4. The highest BCUT2D eigenvalue weighted by Crippen LogP contribution is 2.56. The molecule has 0 bridgehead atoms. The number of benzene rings is 1. The van der Waals surface area contributed by atoms with Crippen molar-refractivity contribution in [3.63, 3.8) is 0 Å². The second kappa shape index (κ2) is 8.15. The summed E-state index contributed by atoms with van der Waals surface area (Å²) in [4.78, 5) is 64.9. The van der Waals surface area contributed by atoms with Crippen LogP contribution in [0.1, 0.15) is 43.2 Å². The van der Waals surface area contributed by atoms with Gasteiger partial charge in [-0.25, -0.2) is 0 Å². The average molecular weight is 475 g/mol. The Hall–Kier alpha value is -3.81. The largest absolute Gasteiger partial charge is 0.507 e. The first kappa shape index (κ1) is 23.0. The number of imide groups is 1. The third-order valence-corrected chi connectivity index (χ3v) is 7.78. The van der Waals surface area contributed by atoms with E-state index in [2.05, 4.69) is 0 Å². The lowest BCUT2D eigenvalue weighted by atomic mass is 9.59. The van der Waals surface area contributed by atoms with Gasteiger partial charge in [0, 0.05) is 34.7 Å². The molecule has 0 spiro atoms. The number of carboxylic acid groups (broad SMARTS) is 1. The Bertz CT molecular complexity index is 1310. The smallest absolute Gasteiger partial charge is 0.305 e. The van der Waals surface area contributed by atoms with Crippen LogP contribution in [-0.2, 0) is 24.0 Å². The van der Waals surface area contributed by atoms with Crippen molar-refractivity contribution in [2.75, 3.05) is 6.54 Å². The number of allylic oxidation sites excluding steroid dienone is 6. The van der Waals surface area contributed by atoms with Crippen molar-refractivity contribution >= 4 is 29.4 Å². The van der Waals surface area contributed by atoms with Crippen molar-refractivity contribution in [3.05, 3.63) is 63.8 Å². The van der Waals surface area contributed by atoms with Gasteiger partial charge in [0.05, 0.1) is 18.3 Å². The molecular formula is C27H25NO7. The summed E-state index contributed by atoms with van der Waals surface area (Å²) < 4.78 is 0. The van der Waals surface area contributed by atoms with Crippen molar-refractivity contribution in [1.29, 1.82) is 0 Å². The number of amides is 2. The minimum absolute atomic E-state index is 0.0245. The van der Waals surface area contributed by atoms with E-state index >= 15 is 0 Å². The van der Waals surface area contributed by atoms with E-state index in [1.165, 1.54) is 6.08 Å².